The van der Waals surface area contributed by atoms with Crippen molar-refractivity contribution in [3.8, 4) is 5.75 Å². The summed E-state index contributed by atoms with van der Waals surface area (Å²) in [6.07, 6.45) is 4.13. The van der Waals surface area contributed by atoms with Crippen molar-refractivity contribution in [2.24, 2.45) is 0 Å². The first-order valence-corrected chi connectivity index (χ1v) is 5.00. The second-order valence-electron chi connectivity index (χ2n) is 3.36. The van der Waals surface area contributed by atoms with Crippen molar-refractivity contribution in [3.05, 3.63) is 35.4 Å². The van der Waals surface area contributed by atoms with E-state index < -0.39 is 0 Å². The molecule has 0 fully saturated rings. The molecule has 1 heterocycles. The summed E-state index contributed by atoms with van der Waals surface area (Å²) in [5.41, 5.74) is 2.42. The monoisotopic (exact) mass is 225 g/mol. The molecule has 0 aromatic heterocycles. The van der Waals surface area contributed by atoms with E-state index >= 15 is 0 Å². The van der Waals surface area contributed by atoms with Gasteiger partial charge in [0.05, 0.1) is 0 Å². The molecular formula is C12H16ClNO. The summed E-state index contributed by atoms with van der Waals surface area (Å²) in [6, 6.07) is 6.27. The third-order valence-corrected chi connectivity index (χ3v) is 2.31. The van der Waals surface area contributed by atoms with Gasteiger partial charge in [0.15, 0.2) is 0 Å². The van der Waals surface area contributed by atoms with E-state index in [0.717, 1.165) is 25.4 Å². The summed E-state index contributed by atoms with van der Waals surface area (Å²) < 4.78 is 5.72. The molecule has 1 aliphatic rings. The summed E-state index contributed by atoms with van der Waals surface area (Å²) in [5.74, 6) is 1.04. The zero-order chi connectivity index (χ0) is 9.80. The Morgan fingerprint density at radius 1 is 1.40 bits per heavy atom. The molecule has 15 heavy (non-hydrogen) atoms. The average Bonchev–Trinajstić information content (AvgIpc) is 2.44. The highest BCUT2D eigenvalue weighted by molar-refractivity contribution is 5.85. The summed E-state index contributed by atoms with van der Waals surface area (Å²) in [4.78, 5) is 0. The normalized spacial score (nSPS) is 15.0. The van der Waals surface area contributed by atoms with Crippen LogP contribution in [0.2, 0.25) is 0 Å². The average molecular weight is 226 g/mol. The van der Waals surface area contributed by atoms with E-state index in [1.54, 1.807) is 0 Å². The first-order chi connectivity index (χ1) is 6.92. The predicted octanol–water partition coefficient (Wildman–Crippen LogP) is 2.62. The molecule has 1 aliphatic heterocycles. The molecule has 0 saturated carbocycles. The molecule has 82 valence electrons. The zero-order valence-corrected chi connectivity index (χ0v) is 9.64. The Bertz CT molecular complexity index is 349. The number of fused-ring (bicyclic) bond motifs is 1. The molecule has 2 nitrogen and oxygen atoms in total. The number of hydrogen-bond acceptors (Lipinski definition) is 2. The minimum Gasteiger partial charge on any atom is -0.491 e. The molecule has 1 aromatic carbocycles. The SMILES string of the molecule is C/C=C/c1cccc2c1OCCNC2.Cl. The molecule has 1 aromatic rings. The standard InChI is InChI=1S/C12H15NO.ClH/c1-2-4-10-5-3-6-11-9-13-7-8-14-12(10)11;/h2-6,13H,7-9H2,1H3;1H/b4-2+;. The molecule has 1 N–H and O–H groups in total. The van der Waals surface area contributed by atoms with Crippen LogP contribution in [0.5, 0.6) is 5.75 Å². The number of benzene rings is 1. The van der Waals surface area contributed by atoms with Crippen LogP contribution in [-0.4, -0.2) is 13.2 Å². The van der Waals surface area contributed by atoms with E-state index in [-0.39, 0.29) is 12.4 Å². The predicted molar refractivity (Wildman–Crippen MR) is 65.6 cm³/mol. The zero-order valence-electron chi connectivity index (χ0n) is 8.82. The number of para-hydroxylation sites is 1. The van der Waals surface area contributed by atoms with Gasteiger partial charge in [0.1, 0.15) is 12.4 Å². The number of nitrogens with one attached hydrogen (secondary N) is 1. The van der Waals surface area contributed by atoms with Gasteiger partial charge in [-0.3, -0.25) is 0 Å². The smallest absolute Gasteiger partial charge is 0.131 e. The van der Waals surface area contributed by atoms with Gasteiger partial charge in [-0.25, -0.2) is 0 Å². The van der Waals surface area contributed by atoms with E-state index in [2.05, 4.69) is 29.6 Å². The molecular weight excluding hydrogens is 210 g/mol. The number of halogens is 1. The van der Waals surface area contributed by atoms with Crippen molar-refractivity contribution >= 4 is 18.5 Å². The number of ether oxygens (including phenoxy) is 1. The van der Waals surface area contributed by atoms with Gasteiger partial charge in [0.25, 0.3) is 0 Å². The van der Waals surface area contributed by atoms with Crippen molar-refractivity contribution in [3.63, 3.8) is 0 Å². The van der Waals surface area contributed by atoms with E-state index in [4.69, 9.17) is 4.74 Å². The van der Waals surface area contributed by atoms with Crippen molar-refractivity contribution in [1.82, 2.24) is 5.32 Å². The Morgan fingerprint density at radius 2 is 2.27 bits per heavy atom. The van der Waals surface area contributed by atoms with E-state index in [1.165, 1.54) is 11.1 Å². The second-order valence-corrected chi connectivity index (χ2v) is 3.36. The Morgan fingerprint density at radius 3 is 3.07 bits per heavy atom. The Balaban J connectivity index is 0.00000112. The van der Waals surface area contributed by atoms with Gasteiger partial charge in [-0.2, -0.15) is 0 Å². The van der Waals surface area contributed by atoms with Crippen LogP contribution in [0.3, 0.4) is 0 Å². The van der Waals surface area contributed by atoms with Crippen molar-refractivity contribution in [2.75, 3.05) is 13.2 Å². The maximum atomic E-state index is 5.72. The van der Waals surface area contributed by atoms with Crippen LogP contribution in [0.4, 0.5) is 0 Å². The van der Waals surface area contributed by atoms with Gasteiger partial charge in [-0.1, -0.05) is 30.4 Å². The molecule has 0 aliphatic carbocycles. The van der Waals surface area contributed by atoms with Crippen LogP contribution in [0.15, 0.2) is 24.3 Å². The molecule has 2 rings (SSSR count). The fourth-order valence-electron chi connectivity index (χ4n) is 1.68. The molecule has 0 radical (unpaired) electrons. The lowest BCUT2D eigenvalue weighted by Crippen LogP contribution is -2.16. The molecule has 0 unspecified atom stereocenters. The lowest BCUT2D eigenvalue weighted by molar-refractivity contribution is 0.325. The minimum absolute atomic E-state index is 0. The summed E-state index contributed by atoms with van der Waals surface area (Å²) in [7, 11) is 0. The fourth-order valence-corrected chi connectivity index (χ4v) is 1.68. The lowest BCUT2D eigenvalue weighted by Gasteiger charge is -2.09. The third kappa shape index (κ3) is 2.74. The van der Waals surface area contributed by atoms with Gasteiger partial charge in [0, 0.05) is 24.2 Å². The second kappa shape index (κ2) is 5.79. The topological polar surface area (TPSA) is 21.3 Å². The Hall–Kier alpha value is -0.990. The number of allylic oxidation sites excluding steroid dienone is 1. The Kier molecular flexibility index (Phi) is 4.66. The van der Waals surface area contributed by atoms with Crippen LogP contribution >= 0.6 is 12.4 Å². The number of hydrogen-bond donors (Lipinski definition) is 1. The highest BCUT2D eigenvalue weighted by Crippen LogP contribution is 2.26. The number of rotatable bonds is 1. The summed E-state index contributed by atoms with van der Waals surface area (Å²) >= 11 is 0. The maximum absolute atomic E-state index is 5.72. The van der Waals surface area contributed by atoms with Crippen LogP contribution in [0, 0.1) is 0 Å². The molecule has 0 amide bonds. The van der Waals surface area contributed by atoms with Gasteiger partial charge < -0.3 is 10.1 Å². The van der Waals surface area contributed by atoms with E-state index in [1.807, 2.05) is 13.0 Å². The van der Waals surface area contributed by atoms with Crippen molar-refractivity contribution in [2.45, 2.75) is 13.5 Å². The summed E-state index contributed by atoms with van der Waals surface area (Å²) in [5, 5.41) is 3.32. The fraction of sp³-hybridized carbons (Fsp3) is 0.333. The first-order valence-electron chi connectivity index (χ1n) is 5.00. The molecule has 0 spiro atoms. The van der Waals surface area contributed by atoms with Crippen molar-refractivity contribution < 1.29 is 4.74 Å². The van der Waals surface area contributed by atoms with Crippen LogP contribution in [0.25, 0.3) is 6.08 Å². The van der Waals surface area contributed by atoms with Gasteiger partial charge in [-0.05, 0) is 6.92 Å². The van der Waals surface area contributed by atoms with E-state index in [9.17, 15) is 0 Å². The van der Waals surface area contributed by atoms with Gasteiger partial charge in [0.2, 0.25) is 0 Å². The molecule has 0 saturated heterocycles. The largest absolute Gasteiger partial charge is 0.491 e. The van der Waals surface area contributed by atoms with E-state index in [0.29, 0.717) is 0 Å². The van der Waals surface area contributed by atoms with Crippen molar-refractivity contribution in [1.29, 1.82) is 0 Å². The maximum Gasteiger partial charge on any atom is 0.131 e. The molecule has 0 bridgehead atoms. The van der Waals surface area contributed by atoms with Crippen LogP contribution < -0.4 is 10.1 Å². The summed E-state index contributed by atoms with van der Waals surface area (Å²) in [6.45, 7) is 4.60. The van der Waals surface area contributed by atoms with Gasteiger partial charge in [-0.15, -0.1) is 12.4 Å². The van der Waals surface area contributed by atoms with Crippen LogP contribution in [0.1, 0.15) is 18.1 Å². The first kappa shape index (κ1) is 12.1. The van der Waals surface area contributed by atoms with Crippen LogP contribution in [-0.2, 0) is 6.54 Å². The quantitative estimate of drug-likeness (QED) is 0.794. The highest BCUT2D eigenvalue weighted by Gasteiger charge is 2.10. The minimum atomic E-state index is 0. The highest BCUT2D eigenvalue weighted by atomic mass is 35.5. The lowest BCUT2D eigenvalue weighted by atomic mass is 10.1. The molecule has 3 heteroatoms. The molecule has 0 atom stereocenters. The third-order valence-electron chi connectivity index (χ3n) is 2.31. The van der Waals surface area contributed by atoms with Gasteiger partial charge >= 0.3 is 0 Å². The Labute approximate surface area is 96.7 Å².